The first-order chi connectivity index (χ1) is 9.69. The molecule has 1 atom stereocenters. The Labute approximate surface area is 126 Å². The highest BCUT2D eigenvalue weighted by molar-refractivity contribution is 9.10. The number of halogens is 1. The number of hydrogen-bond donors (Lipinski definition) is 1. The van der Waals surface area contributed by atoms with E-state index in [-0.39, 0.29) is 6.04 Å². The van der Waals surface area contributed by atoms with Crippen LogP contribution in [0.25, 0.3) is 0 Å². The van der Waals surface area contributed by atoms with Crippen molar-refractivity contribution < 1.29 is 13.9 Å². The number of furan rings is 1. The van der Waals surface area contributed by atoms with Gasteiger partial charge in [-0.25, -0.2) is 0 Å². The van der Waals surface area contributed by atoms with Crippen molar-refractivity contribution in [2.75, 3.05) is 20.3 Å². The lowest BCUT2D eigenvalue weighted by molar-refractivity contribution is 0.171. The maximum absolute atomic E-state index is 5.66. The lowest BCUT2D eigenvalue weighted by Gasteiger charge is -2.23. The quantitative estimate of drug-likeness (QED) is 0.931. The summed E-state index contributed by atoms with van der Waals surface area (Å²) in [5.74, 6) is 2.47. The second-order valence-corrected chi connectivity index (χ2v) is 5.58. The highest BCUT2D eigenvalue weighted by atomic mass is 79.9. The minimum absolute atomic E-state index is 0.0395. The largest absolute Gasteiger partial charge is 0.486 e. The molecule has 0 spiro atoms. The molecule has 0 amide bonds. The molecule has 1 aliphatic rings. The molecule has 106 valence electrons. The summed E-state index contributed by atoms with van der Waals surface area (Å²) >= 11 is 3.61. The van der Waals surface area contributed by atoms with Crippen LogP contribution in [-0.2, 0) is 0 Å². The van der Waals surface area contributed by atoms with Gasteiger partial charge in [0, 0.05) is 10.0 Å². The van der Waals surface area contributed by atoms with E-state index in [0.717, 1.165) is 32.9 Å². The average Bonchev–Trinajstić information content (AvgIpc) is 2.86. The molecule has 20 heavy (non-hydrogen) atoms. The molecule has 1 N–H and O–H groups in total. The van der Waals surface area contributed by atoms with E-state index < -0.39 is 0 Å². The van der Waals surface area contributed by atoms with Crippen LogP contribution in [0.15, 0.2) is 33.4 Å². The van der Waals surface area contributed by atoms with Gasteiger partial charge in [0.25, 0.3) is 0 Å². The van der Waals surface area contributed by atoms with E-state index in [1.54, 1.807) is 6.26 Å². The molecule has 0 bridgehead atoms. The summed E-state index contributed by atoms with van der Waals surface area (Å²) in [6, 6.07) is 6.05. The summed E-state index contributed by atoms with van der Waals surface area (Å²) in [7, 11) is 1.93. The van der Waals surface area contributed by atoms with Crippen LogP contribution in [0.2, 0.25) is 0 Å². The second kappa shape index (κ2) is 5.50. The molecule has 0 fully saturated rings. The van der Waals surface area contributed by atoms with E-state index in [1.165, 1.54) is 0 Å². The minimum Gasteiger partial charge on any atom is -0.486 e. The third-order valence-corrected chi connectivity index (χ3v) is 4.03. The van der Waals surface area contributed by atoms with E-state index >= 15 is 0 Å². The number of ether oxygens (including phenoxy) is 2. The molecule has 0 aliphatic carbocycles. The van der Waals surface area contributed by atoms with E-state index in [9.17, 15) is 0 Å². The van der Waals surface area contributed by atoms with Crippen LogP contribution in [0.5, 0.6) is 11.5 Å². The Bertz CT molecular complexity index is 624. The van der Waals surface area contributed by atoms with E-state index in [1.807, 2.05) is 32.2 Å². The summed E-state index contributed by atoms with van der Waals surface area (Å²) in [6.45, 7) is 3.12. The molecular weight excluding hydrogens is 322 g/mol. The van der Waals surface area contributed by atoms with Gasteiger partial charge in [-0.3, -0.25) is 0 Å². The van der Waals surface area contributed by atoms with Gasteiger partial charge in [0.1, 0.15) is 19.0 Å². The third kappa shape index (κ3) is 2.43. The number of benzene rings is 1. The normalized spacial score (nSPS) is 15.2. The fourth-order valence-electron chi connectivity index (χ4n) is 2.42. The standard InChI is InChI=1S/C15H16BrNO3/c1-9-5-10(8-20-9)15(17-2)11-6-13-14(7-12(11)16)19-4-3-18-13/h5-8,15,17H,3-4H2,1-2H3. The van der Waals surface area contributed by atoms with Gasteiger partial charge < -0.3 is 19.2 Å². The summed E-state index contributed by atoms with van der Waals surface area (Å²) < 4.78 is 17.6. The molecule has 5 heteroatoms. The summed E-state index contributed by atoms with van der Waals surface area (Å²) in [4.78, 5) is 0. The van der Waals surface area contributed by atoms with Crippen LogP contribution in [0, 0.1) is 6.92 Å². The average molecular weight is 338 g/mol. The number of aryl methyl sites for hydroxylation is 1. The lowest BCUT2D eigenvalue weighted by atomic mass is 10.0. The smallest absolute Gasteiger partial charge is 0.162 e. The Morgan fingerprint density at radius 1 is 1.15 bits per heavy atom. The second-order valence-electron chi connectivity index (χ2n) is 4.73. The van der Waals surface area contributed by atoms with Gasteiger partial charge in [0.2, 0.25) is 0 Å². The molecule has 1 aliphatic heterocycles. The maximum Gasteiger partial charge on any atom is 0.162 e. The van der Waals surface area contributed by atoms with Crippen LogP contribution in [0.4, 0.5) is 0 Å². The molecule has 1 aromatic carbocycles. The molecular formula is C15H16BrNO3. The monoisotopic (exact) mass is 337 g/mol. The van der Waals surface area contributed by atoms with Gasteiger partial charge in [-0.2, -0.15) is 0 Å². The molecule has 4 nitrogen and oxygen atoms in total. The zero-order valence-electron chi connectivity index (χ0n) is 11.4. The molecule has 3 rings (SSSR count). The van der Waals surface area contributed by atoms with Crippen LogP contribution in [0.1, 0.15) is 22.9 Å². The van der Waals surface area contributed by atoms with Gasteiger partial charge in [-0.15, -0.1) is 0 Å². The number of rotatable bonds is 3. The molecule has 0 radical (unpaired) electrons. The minimum atomic E-state index is 0.0395. The Hall–Kier alpha value is -1.46. The van der Waals surface area contributed by atoms with Gasteiger partial charge in [0.15, 0.2) is 11.5 Å². The molecule has 1 unspecified atom stereocenters. The van der Waals surface area contributed by atoms with Crippen LogP contribution >= 0.6 is 15.9 Å². The SMILES string of the molecule is CNC(c1coc(C)c1)c1cc2c(cc1Br)OCCO2. The number of hydrogen-bond acceptors (Lipinski definition) is 4. The number of nitrogens with one attached hydrogen (secondary N) is 1. The zero-order valence-corrected chi connectivity index (χ0v) is 13.0. The third-order valence-electron chi connectivity index (χ3n) is 3.35. The first-order valence-electron chi connectivity index (χ1n) is 6.50. The Morgan fingerprint density at radius 3 is 2.45 bits per heavy atom. The first kappa shape index (κ1) is 13.5. The fourth-order valence-corrected chi connectivity index (χ4v) is 2.97. The van der Waals surface area contributed by atoms with E-state index in [4.69, 9.17) is 13.9 Å². The first-order valence-corrected chi connectivity index (χ1v) is 7.29. The van der Waals surface area contributed by atoms with Gasteiger partial charge in [-0.05, 0) is 37.7 Å². The van der Waals surface area contributed by atoms with E-state index in [0.29, 0.717) is 13.2 Å². The number of fused-ring (bicyclic) bond motifs is 1. The van der Waals surface area contributed by atoms with Crippen molar-refractivity contribution in [3.63, 3.8) is 0 Å². The Kier molecular flexibility index (Phi) is 3.72. The lowest BCUT2D eigenvalue weighted by Crippen LogP contribution is -2.19. The molecule has 0 saturated carbocycles. The molecule has 2 aromatic rings. The summed E-state index contributed by atoms with van der Waals surface area (Å²) in [6.07, 6.45) is 1.78. The van der Waals surface area contributed by atoms with Gasteiger partial charge in [0.05, 0.1) is 12.3 Å². The van der Waals surface area contributed by atoms with Crippen molar-refractivity contribution in [2.45, 2.75) is 13.0 Å². The predicted molar refractivity (Wildman–Crippen MR) is 79.5 cm³/mol. The zero-order chi connectivity index (χ0) is 14.1. The van der Waals surface area contributed by atoms with Crippen molar-refractivity contribution in [2.24, 2.45) is 0 Å². The Balaban J connectivity index is 2.03. The molecule has 1 aromatic heterocycles. The maximum atomic E-state index is 5.66. The van der Waals surface area contributed by atoms with Crippen LogP contribution < -0.4 is 14.8 Å². The van der Waals surface area contributed by atoms with Crippen molar-refractivity contribution in [3.05, 3.63) is 45.8 Å². The van der Waals surface area contributed by atoms with Crippen LogP contribution in [0.3, 0.4) is 0 Å². The molecule has 2 heterocycles. The van der Waals surface area contributed by atoms with Gasteiger partial charge >= 0.3 is 0 Å². The summed E-state index contributed by atoms with van der Waals surface area (Å²) in [5, 5.41) is 3.31. The van der Waals surface area contributed by atoms with Gasteiger partial charge in [-0.1, -0.05) is 15.9 Å². The summed E-state index contributed by atoms with van der Waals surface area (Å²) in [5.41, 5.74) is 2.18. The van der Waals surface area contributed by atoms with E-state index in [2.05, 4.69) is 21.2 Å². The van der Waals surface area contributed by atoms with Crippen molar-refractivity contribution in [3.8, 4) is 11.5 Å². The van der Waals surface area contributed by atoms with Crippen LogP contribution in [-0.4, -0.2) is 20.3 Å². The highest BCUT2D eigenvalue weighted by Crippen LogP contribution is 2.39. The van der Waals surface area contributed by atoms with Crippen molar-refractivity contribution in [1.29, 1.82) is 0 Å². The fraction of sp³-hybridized carbons (Fsp3) is 0.333. The van der Waals surface area contributed by atoms with Crippen molar-refractivity contribution >= 4 is 15.9 Å². The molecule has 0 saturated heterocycles. The topological polar surface area (TPSA) is 43.6 Å². The Morgan fingerprint density at radius 2 is 1.85 bits per heavy atom. The predicted octanol–water partition coefficient (Wildman–Crippen LogP) is 3.43. The van der Waals surface area contributed by atoms with Crippen molar-refractivity contribution in [1.82, 2.24) is 5.32 Å². The highest BCUT2D eigenvalue weighted by Gasteiger charge is 2.21.